The van der Waals surface area contributed by atoms with Crippen molar-refractivity contribution in [1.82, 2.24) is 0 Å². The third-order valence-electron chi connectivity index (χ3n) is 2.74. The minimum atomic E-state index is -2.01. The molecule has 0 aromatic heterocycles. The number of unbranched alkanes of at least 4 members (excludes halogenated alkanes) is 1. The first kappa shape index (κ1) is 17.9. The number of hydrogen-bond acceptors (Lipinski definition) is 4. The second-order valence-corrected chi connectivity index (χ2v) is 9.59. The Morgan fingerprint density at radius 2 is 1.84 bits per heavy atom. The quantitative estimate of drug-likeness (QED) is 0.390. The standard InChI is InChI=1S/C14H26O4Si/c1-7-9-10-19(5,6)18-14(16)12(8-2)17-13(15)11(3)4/h12H,3,7-10H2,1-2,4-6H3. The molecule has 1 atom stereocenters. The summed E-state index contributed by atoms with van der Waals surface area (Å²) in [5.74, 6) is -0.971. The van der Waals surface area contributed by atoms with Gasteiger partial charge in [-0.1, -0.05) is 33.3 Å². The third kappa shape index (κ3) is 7.15. The number of carbonyl (C=O) groups is 2. The number of rotatable bonds is 8. The number of carbonyl (C=O) groups excluding carboxylic acids is 2. The molecule has 0 N–H and O–H groups in total. The maximum atomic E-state index is 12.0. The van der Waals surface area contributed by atoms with Gasteiger partial charge in [0, 0.05) is 5.57 Å². The maximum absolute atomic E-state index is 12.0. The van der Waals surface area contributed by atoms with Gasteiger partial charge in [-0.2, -0.15) is 0 Å². The third-order valence-corrected chi connectivity index (χ3v) is 5.05. The van der Waals surface area contributed by atoms with Crippen molar-refractivity contribution in [3.63, 3.8) is 0 Å². The molecule has 0 aliphatic carbocycles. The lowest BCUT2D eigenvalue weighted by atomic mass is 10.3. The average molecular weight is 286 g/mol. The molecule has 19 heavy (non-hydrogen) atoms. The normalized spacial score (nSPS) is 12.7. The summed E-state index contributed by atoms with van der Waals surface area (Å²) in [5.41, 5.74) is 0.286. The van der Waals surface area contributed by atoms with Crippen LogP contribution in [0.2, 0.25) is 19.1 Å². The van der Waals surface area contributed by atoms with E-state index in [1.165, 1.54) is 0 Å². The Morgan fingerprint density at radius 3 is 2.26 bits per heavy atom. The molecule has 0 fully saturated rings. The van der Waals surface area contributed by atoms with Crippen molar-refractivity contribution >= 4 is 20.3 Å². The van der Waals surface area contributed by atoms with E-state index in [9.17, 15) is 9.59 Å². The lowest BCUT2D eigenvalue weighted by Crippen LogP contribution is -2.39. The van der Waals surface area contributed by atoms with Gasteiger partial charge in [-0.3, -0.25) is 0 Å². The van der Waals surface area contributed by atoms with Crippen LogP contribution < -0.4 is 0 Å². The second-order valence-electron chi connectivity index (χ2n) is 5.37. The van der Waals surface area contributed by atoms with Crippen LogP contribution in [0.1, 0.15) is 40.0 Å². The summed E-state index contributed by atoms with van der Waals surface area (Å²) in [4.78, 5) is 23.5. The van der Waals surface area contributed by atoms with E-state index in [4.69, 9.17) is 9.16 Å². The van der Waals surface area contributed by atoms with E-state index in [-0.39, 0.29) is 5.57 Å². The molecule has 0 amide bonds. The molecule has 5 heteroatoms. The van der Waals surface area contributed by atoms with Crippen molar-refractivity contribution < 1.29 is 18.8 Å². The van der Waals surface area contributed by atoms with Gasteiger partial charge in [0.25, 0.3) is 0 Å². The summed E-state index contributed by atoms with van der Waals surface area (Å²) < 4.78 is 10.6. The van der Waals surface area contributed by atoms with Crippen LogP contribution in [-0.2, 0) is 18.8 Å². The molecule has 0 aromatic rings. The van der Waals surface area contributed by atoms with Crippen molar-refractivity contribution in [2.24, 2.45) is 0 Å². The van der Waals surface area contributed by atoms with E-state index in [2.05, 4.69) is 13.5 Å². The fourth-order valence-corrected chi connectivity index (χ4v) is 3.50. The van der Waals surface area contributed by atoms with Gasteiger partial charge in [0.2, 0.25) is 8.32 Å². The number of ether oxygens (including phenoxy) is 1. The van der Waals surface area contributed by atoms with Crippen molar-refractivity contribution in [1.29, 1.82) is 0 Å². The molecule has 0 aromatic carbocycles. The lowest BCUT2D eigenvalue weighted by molar-refractivity contribution is -0.160. The molecular weight excluding hydrogens is 260 g/mol. The van der Waals surface area contributed by atoms with E-state index >= 15 is 0 Å². The number of hydrogen-bond donors (Lipinski definition) is 0. The minimum Gasteiger partial charge on any atom is -0.517 e. The molecule has 0 radical (unpaired) electrons. The zero-order valence-electron chi connectivity index (χ0n) is 12.7. The van der Waals surface area contributed by atoms with Crippen LogP contribution in [0.15, 0.2) is 12.2 Å². The maximum Gasteiger partial charge on any atom is 0.334 e. The summed E-state index contributed by atoms with van der Waals surface area (Å²) in [5, 5.41) is 0. The first-order chi connectivity index (χ1) is 8.73. The Morgan fingerprint density at radius 1 is 1.26 bits per heavy atom. The first-order valence-electron chi connectivity index (χ1n) is 6.82. The fraction of sp³-hybridized carbons (Fsp3) is 0.714. The first-order valence-corrected chi connectivity index (χ1v) is 9.94. The Labute approximate surface area is 117 Å². The van der Waals surface area contributed by atoms with Gasteiger partial charge in [0.1, 0.15) is 0 Å². The SMILES string of the molecule is C=C(C)C(=O)OC(CC)C(=O)O[Si](C)(C)CCCC. The van der Waals surface area contributed by atoms with Crippen molar-refractivity contribution in [2.45, 2.75) is 65.3 Å². The number of esters is 1. The van der Waals surface area contributed by atoms with Crippen molar-refractivity contribution in [3.05, 3.63) is 12.2 Å². The van der Waals surface area contributed by atoms with Crippen LogP contribution in [0.25, 0.3) is 0 Å². The van der Waals surface area contributed by atoms with Crippen LogP contribution >= 0.6 is 0 Å². The Hall–Kier alpha value is -1.10. The Balaban J connectivity index is 4.51. The molecular formula is C14H26O4Si. The van der Waals surface area contributed by atoms with Gasteiger partial charge in [0.05, 0.1) is 0 Å². The highest BCUT2D eigenvalue weighted by Crippen LogP contribution is 2.17. The van der Waals surface area contributed by atoms with Crippen molar-refractivity contribution in [2.75, 3.05) is 0 Å². The predicted molar refractivity (Wildman–Crippen MR) is 78.3 cm³/mol. The van der Waals surface area contributed by atoms with Crippen molar-refractivity contribution in [3.8, 4) is 0 Å². The average Bonchev–Trinajstić information content (AvgIpc) is 2.32. The zero-order valence-corrected chi connectivity index (χ0v) is 13.7. The summed E-state index contributed by atoms with van der Waals surface area (Å²) >= 11 is 0. The van der Waals surface area contributed by atoms with Crippen LogP contribution in [-0.4, -0.2) is 26.4 Å². The molecule has 1 unspecified atom stereocenters. The molecule has 0 aliphatic heterocycles. The van der Waals surface area contributed by atoms with E-state index < -0.39 is 26.4 Å². The molecule has 0 saturated heterocycles. The lowest BCUT2D eigenvalue weighted by Gasteiger charge is -2.25. The monoisotopic (exact) mass is 286 g/mol. The molecule has 0 heterocycles. The van der Waals surface area contributed by atoms with Gasteiger partial charge in [-0.05, 0) is 32.5 Å². The van der Waals surface area contributed by atoms with E-state index in [1.54, 1.807) is 13.8 Å². The van der Waals surface area contributed by atoms with Gasteiger partial charge in [-0.25, -0.2) is 9.59 Å². The summed E-state index contributed by atoms with van der Waals surface area (Å²) in [6.07, 6.45) is 1.72. The molecule has 110 valence electrons. The van der Waals surface area contributed by atoms with Gasteiger partial charge >= 0.3 is 11.9 Å². The molecule has 0 aliphatic rings. The summed E-state index contributed by atoms with van der Waals surface area (Å²) in [7, 11) is -2.01. The Kier molecular flexibility index (Phi) is 7.67. The minimum absolute atomic E-state index is 0.286. The molecule has 0 saturated carbocycles. The predicted octanol–water partition coefficient (Wildman–Crippen LogP) is 3.43. The highest BCUT2D eigenvalue weighted by atomic mass is 28.4. The van der Waals surface area contributed by atoms with E-state index in [1.807, 2.05) is 13.1 Å². The highest BCUT2D eigenvalue weighted by molar-refractivity contribution is 6.72. The largest absolute Gasteiger partial charge is 0.517 e. The van der Waals surface area contributed by atoms with Crippen LogP contribution in [0.3, 0.4) is 0 Å². The van der Waals surface area contributed by atoms with Crippen LogP contribution in [0.5, 0.6) is 0 Å². The topological polar surface area (TPSA) is 52.6 Å². The van der Waals surface area contributed by atoms with Crippen LogP contribution in [0, 0.1) is 0 Å². The molecule has 0 rings (SSSR count). The van der Waals surface area contributed by atoms with Crippen LogP contribution in [0.4, 0.5) is 0 Å². The highest BCUT2D eigenvalue weighted by Gasteiger charge is 2.31. The van der Waals surface area contributed by atoms with E-state index in [0.29, 0.717) is 6.42 Å². The molecule has 0 spiro atoms. The van der Waals surface area contributed by atoms with Gasteiger partial charge < -0.3 is 9.16 Å². The Bertz CT molecular complexity index is 336. The summed E-state index contributed by atoms with van der Waals surface area (Å²) in [6, 6.07) is 0.931. The zero-order chi connectivity index (χ0) is 15.1. The fourth-order valence-electron chi connectivity index (χ4n) is 1.52. The molecule has 4 nitrogen and oxygen atoms in total. The molecule has 0 bridgehead atoms. The van der Waals surface area contributed by atoms with Gasteiger partial charge in [0.15, 0.2) is 6.10 Å². The van der Waals surface area contributed by atoms with E-state index in [0.717, 1.165) is 18.9 Å². The summed E-state index contributed by atoms with van der Waals surface area (Å²) in [6.45, 7) is 13.0. The smallest absolute Gasteiger partial charge is 0.334 e. The van der Waals surface area contributed by atoms with Gasteiger partial charge in [-0.15, -0.1) is 0 Å². The second kappa shape index (κ2) is 8.14.